The van der Waals surface area contributed by atoms with Gasteiger partial charge >= 0.3 is 6.18 Å². The summed E-state index contributed by atoms with van der Waals surface area (Å²) in [6, 6.07) is 2.13. The van der Waals surface area contributed by atoms with Crippen LogP contribution in [-0.2, 0) is 0 Å². The maximum atomic E-state index is 14.3. The van der Waals surface area contributed by atoms with Crippen molar-refractivity contribution in [3.05, 3.63) is 58.8 Å². The van der Waals surface area contributed by atoms with E-state index in [2.05, 4.69) is 10.1 Å². The Morgan fingerprint density at radius 1 is 1.18 bits per heavy atom. The Bertz CT molecular complexity index is 930. The average Bonchev–Trinajstić information content (AvgIpc) is 3.10. The van der Waals surface area contributed by atoms with Gasteiger partial charge in [0, 0.05) is 30.1 Å². The van der Waals surface area contributed by atoms with Crippen LogP contribution in [0.5, 0.6) is 0 Å². The van der Waals surface area contributed by atoms with Crippen LogP contribution >= 0.6 is 11.6 Å². The first-order valence-corrected chi connectivity index (χ1v) is 8.12. The molecule has 3 rings (SSSR count). The number of aromatic nitrogens is 2. The molecule has 1 aliphatic rings. The molecule has 1 unspecified atom stereocenters. The number of nitrogens with zero attached hydrogens (tertiary/aromatic N) is 4. The highest BCUT2D eigenvalue weighted by Crippen LogP contribution is 2.41. The molecule has 0 saturated heterocycles. The van der Waals surface area contributed by atoms with E-state index in [1.54, 1.807) is 0 Å². The van der Waals surface area contributed by atoms with Crippen LogP contribution in [0.4, 0.5) is 26.3 Å². The molecule has 2 aromatic rings. The lowest BCUT2D eigenvalue weighted by Crippen LogP contribution is -2.42. The second-order valence-electron chi connectivity index (χ2n) is 5.93. The van der Waals surface area contributed by atoms with Gasteiger partial charge in [0.1, 0.15) is 22.6 Å². The topological polar surface area (TPSA) is 59.4 Å². The van der Waals surface area contributed by atoms with Gasteiger partial charge < -0.3 is 0 Å². The van der Waals surface area contributed by atoms with Crippen molar-refractivity contribution in [2.45, 2.75) is 19.4 Å². The quantitative estimate of drug-likeness (QED) is 0.457. The average molecular weight is 424 g/mol. The number of alkyl halides is 3. The van der Waals surface area contributed by atoms with E-state index >= 15 is 0 Å². The van der Waals surface area contributed by atoms with Gasteiger partial charge in [0.25, 0.3) is 0 Å². The normalized spacial score (nSPS) is 19.1. The van der Waals surface area contributed by atoms with Gasteiger partial charge in [-0.1, -0.05) is 11.6 Å². The van der Waals surface area contributed by atoms with Crippen LogP contribution in [0.2, 0.25) is 0 Å². The molecule has 0 aliphatic carbocycles. The Morgan fingerprint density at radius 3 is 2.29 bits per heavy atom. The van der Waals surface area contributed by atoms with Gasteiger partial charge in [-0.2, -0.15) is 18.3 Å². The van der Waals surface area contributed by atoms with Gasteiger partial charge in [-0.3, -0.25) is 5.01 Å². The standard InChI is InChI=1S/C16H12ClF6N5/c1-7(16(21,22)23)13-12(11-9(19)5-8(18)6-10(11)20)14(17)28(24)15(26-13)27-4-2-3-25-27/h2-7,15H,24H2,1H3/t7?,15-/m1/s1. The highest BCUT2D eigenvalue weighted by atomic mass is 35.5. The minimum absolute atomic E-state index is 0.325. The molecule has 1 aromatic heterocycles. The molecular formula is C16H12ClF6N5. The molecule has 2 N–H and O–H groups in total. The summed E-state index contributed by atoms with van der Waals surface area (Å²) in [5, 5.41) is 3.95. The molecule has 5 nitrogen and oxygen atoms in total. The van der Waals surface area contributed by atoms with Crippen molar-refractivity contribution in [2.24, 2.45) is 16.8 Å². The molecule has 28 heavy (non-hydrogen) atoms. The first-order valence-electron chi connectivity index (χ1n) is 7.75. The molecule has 0 amide bonds. The van der Waals surface area contributed by atoms with Crippen molar-refractivity contribution >= 4 is 22.9 Å². The summed E-state index contributed by atoms with van der Waals surface area (Å²) < 4.78 is 83.3. The monoisotopic (exact) mass is 423 g/mol. The molecule has 0 bridgehead atoms. The van der Waals surface area contributed by atoms with Crippen LogP contribution in [-0.4, -0.2) is 26.7 Å². The van der Waals surface area contributed by atoms with E-state index in [1.165, 1.54) is 18.5 Å². The Morgan fingerprint density at radius 2 is 1.79 bits per heavy atom. The van der Waals surface area contributed by atoms with Crippen molar-refractivity contribution in [2.75, 3.05) is 0 Å². The second-order valence-corrected chi connectivity index (χ2v) is 6.29. The molecule has 2 atom stereocenters. The van der Waals surface area contributed by atoms with E-state index in [1.807, 2.05) is 0 Å². The maximum absolute atomic E-state index is 14.3. The molecule has 1 aliphatic heterocycles. The summed E-state index contributed by atoms with van der Waals surface area (Å²) in [6.07, 6.45) is -3.42. The van der Waals surface area contributed by atoms with Crippen molar-refractivity contribution in [1.29, 1.82) is 0 Å². The van der Waals surface area contributed by atoms with Crippen LogP contribution in [0.1, 0.15) is 18.8 Å². The molecule has 1 aromatic carbocycles. The fourth-order valence-corrected chi connectivity index (χ4v) is 2.97. The third-order valence-electron chi connectivity index (χ3n) is 4.11. The predicted molar refractivity (Wildman–Crippen MR) is 89.0 cm³/mol. The van der Waals surface area contributed by atoms with Crippen molar-refractivity contribution in [3.8, 4) is 0 Å². The first kappa shape index (κ1) is 20.2. The zero-order valence-electron chi connectivity index (χ0n) is 14.1. The van der Waals surface area contributed by atoms with E-state index in [4.69, 9.17) is 17.4 Å². The fourth-order valence-electron chi connectivity index (χ4n) is 2.69. The lowest BCUT2D eigenvalue weighted by atomic mass is 9.91. The highest BCUT2D eigenvalue weighted by Gasteiger charge is 2.45. The van der Waals surface area contributed by atoms with E-state index in [9.17, 15) is 26.3 Å². The zero-order chi connectivity index (χ0) is 20.8. The molecule has 12 heteroatoms. The summed E-state index contributed by atoms with van der Waals surface area (Å²) in [5.41, 5.74) is -2.44. The number of allylic oxidation sites excluding steroid dienone is 1. The molecule has 0 spiro atoms. The summed E-state index contributed by atoms with van der Waals surface area (Å²) in [4.78, 5) is 3.91. The Hall–Kier alpha value is -2.53. The van der Waals surface area contributed by atoms with Gasteiger partial charge in [0.2, 0.25) is 6.29 Å². The van der Waals surface area contributed by atoms with E-state index in [-0.39, 0.29) is 0 Å². The SMILES string of the molecule is CC(C1=N[C@H](n2cccn2)N(N)C(Cl)=C1c1c(F)cc(F)cc1F)C(F)(F)F. The summed E-state index contributed by atoms with van der Waals surface area (Å²) in [5.74, 6) is -0.573. The number of hydrogen-bond acceptors (Lipinski definition) is 4. The van der Waals surface area contributed by atoms with Crippen molar-refractivity contribution < 1.29 is 26.3 Å². The number of benzene rings is 1. The second kappa shape index (κ2) is 7.13. The number of rotatable bonds is 3. The van der Waals surface area contributed by atoms with Gasteiger partial charge in [-0.05, 0) is 13.0 Å². The number of aliphatic imine (C=N–C) groups is 1. The number of hydrazine groups is 1. The summed E-state index contributed by atoms with van der Waals surface area (Å²) in [7, 11) is 0. The Balaban J connectivity index is 2.26. The minimum atomic E-state index is -4.81. The summed E-state index contributed by atoms with van der Waals surface area (Å²) in [6.45, 7) is 0.759. The lowest BCUT2D eigenvalue weighted by Gasteiger charge is -2.34. The highest BCUT2D eigenvalue weighted by molar-refractivity contribution is 6.41. The molecule has 150 valence electrons. The summed E-state index contributed by atoms with van der Waals surface area (Å²) >= 11 is 6.12. The van der Waals surface area contributed by atoms with Gasteiger partial charge in [0.05, 0.1) is 17.2 Å². The van der Waals surface area contributed by atoms with E-state index in [0.717, 1.165) is 11.6 Å². The van der Waals surface area contributed by atoms with Crippen LogP contribution in [0, 0.1) is 23.4 Å². The third-order valence-corrected chi connectivity index (χ3v) is 4.50. The molecular weight excluding hydrogens is 412 g/mol. The third kappa shape index (κ3) is 3.47. The van der Waals surface area contributed by atoms with Crippen LogP contribution in [0.15, 0.2) is 40.7 Å². The smallest absolute Gasteiger partial charge is 0.255 e. The Kier molecular flexibility index (Phi) is 5.15. The minimum Gasteiger partial charge on any atom is -0.255 e. The predicted octanol–water partition coefficient (Wildman–Crippen LogP) is 4.19. The maximum Gasteiger partial charge on any atom is 0.396 e. The lowest BCUT2D eigenvalue weighted by molar-refractivity contribution is -0.150. The largest absolute Gasteiger partial charge is 0.396 e. The number of halogens is 7. The van der Waals surface area contributed by atoms with E-state index in [0.29, 0.717) is 17.1 Å². The van der Waals surface area contributed by atoms with Crippen LogP contribution < -0.4 is 5.84 Å². The molecule has 0 saturated carbocycles. The van der Waals surface area contributed by atoms with Crippen LogP contribution in [0.3, 0.4) is 0 Å². The molecule has 2 heterocycles. The number of hydrogen-bond donors (Lipinski definition) is 1. The van der Waals surface area contributed by atoms with E-state index < -0.39 is 57.8 Å². The van der Waals surface area contributed by atoms with Crippen molar-refractivity contribution in [1.82, 2.24) is 14.8 Å². The zero-order valence-corrected chi connectivity index (χ0v) is 14.8. The van der Waals surface area contributed by atoms with Crippen LogP contribution in [0.25, 0.3) is 5.57 Å². The van der Waals surface area contributed by atoms with Gasteiger partial charge in [-0.15, -0.1) is 0 Å². The number of nitrogens with two attached hydrogens (primary N) is 1. The van der Waals surface area contributed by atoms with Gasteiger partial charge in [0.15, 0.2) is 0 Å². The van der Waals surface area contributed by atoms with Crippen molar-refractivity contribution in [3.63, 3.8) is 0 Å². The first-order chi connectivity index (χ1) is 13.0. The fraction of sp³-hybridized carbons (Fsp3) is 0.250. The molecule has 0 fully saturated rings. The Labute approximate surface area is 159 Å². The van der Waals surface area contributed by atoms with Gasteiger partial charge in [-0.25, -0.2) is 28.7 Å². The molecule has 0 radical (unpaired) electrons.